The van der Waals surface area contributed by atoms with Gasteiger partial charge >= 0.3 is 0 Å². The van der Waals surface area contributed by atoms with Crippen LogP contribution in [0.5, 0.6) is 0 Å². The van der Waals surface area contributed by atoms with Crippen molar-refractivity contribution in [1.82, 2.24) is 19.7 Å². The summed E-state index contributed by atoms with van der Waals surface area (Å²) in [6.07, 6.45) is 1.66. The van der Waals surface area contributed by atoms with Gasteiger partial charge in [0.1, 0.15) is 0 Å². The highest BCUT2D eigenvalue weighted by Gasteiger charge is 2.06. The molecule has 2 heterocycles. The van der Waals surface area contributed by atoms with Crippen LogP contribution < -0.4 is 0 Å². The van der Waals surface area contributed by atoms with Gasteiger partial charge < -0.3 is 9.55 Å². The van der Waals surface area contributed by atoms with E-state index >= 15 is 0 Å². The van der Waals surface area contributed by atoms with Crippen LogP contribution in [-0.4, -0.2) is 19.7 Å². The molecule has 0 saturated heterocycles. The molecule has 0 aliphatic rings. The van der Waals surface area contributed by atoms with E-state index in [-0.39, 0.29) is 0 Å². The van der Waals surface area contributed by atoms with Gasteiger partial charge in [-0.25, -0.2) is 0 Å². The number of aromatic nitrogens is 4. The smallest absolute Gasteiger partial charge is 0.178 e. The molecule has 0 amide bonds. The number of aromatic amines is 1. The summed E-state index contributed by atoms with van der Waals surface area (Å²) in [6, 6.07) is 9.84. The molecule has 0 bridgehead atoms. The Morgan fingerprint density at radius 1 is 1.33 bits per heavy atom. The molecule has 6 heteroatoms. The molecule has 0 unspecified atom stereocenters. The summed E-state index contributed by atoms with van der Waals surface area (Å²) in [6.45, 7) is 0.614. The average molecular weight is 321 g/mol. The highest BCUT2D eigenvalue weighted by atomic mass is 79.9. The monoisotopic (exact) mass is 320 g/mol. The van der Waals surface area contributed by atoms with E-state index in [0.29, 0.717) is 11.3 Å². The summed E-state index contributed by atoms with van der Waals surface area (Å²) in [5.74, 6) is 0. The molecular weight excluding hydrogens is 312 g/mol. The zero-order valence-electron chi connectivity index (χ0n) is 9.30. The quantitative estimate of drug-likeness (QED) is 0.737. The topological polar surface area (TPSA) is 46.5 Å². The maximum Gasteiger partial charge on any atom is 0.178 e. The van der Waals surface area contributed by atoms with Crippen molar-refractivity contribution >= 4 is 39.2 Å². The second kappa shape index (κ2) is 4.62. The fraction of sp³-hybridized carbons (Fsp3) is 0.0833. The molecule has 0 fully saturated rings. The summed E-state index contributed by atoms with van der Waals surface area (Å²) in [5.41, 5.74) is 2.96. The van der Waals surface area contributed by atoms with Gasteiger partial charge in [-0.3, -0.25) is 0 Å². The van der Waals surface area contributed by atoms with Gasteiger partial charge in [-0.15, -0.1) is 0 Å². The Bertz CT molecular complexity index is 748. The van der Waals surface area contributed by atoms with E-state index in [1.807, 2.05) is 34.9 Å². The number of benzene rings is 1. The van der Waals surface area contributed by atoms with Crippen LogP contribution >= 0.6 is 28.1 Å². The molecule has 4 nitrogen and oxygen atoms in total. The summed E-state index contributed by atoms with van der Waals surface area (Å²) in [4.78, 5) is 3.18. The predicted octanol–water partition coefficient (Wildman–Crippen LogP) is 3.30. The minimum absolute atomic E-state index is 0.614. The molecule has 3 rings (SSSR count). The van der Waals surface area contributed by atoms with Crippen molar-refractivity contribution in [3.8, 4) is 0 Å². The van der Waals surface area contributed by atoms with E-state index in [9.17, 15) is 0 Å². The van der Waals surface area contributed by atoms with Crippen LogP contribution in [-0.2, 0) is 6.54 Å². The molecule has 2 aromatic heterocycles. The van der Waals surface area contributed by atoms with E-state index in [4.69, 9.17) is 12.2 Å². The highest BCUT2D eigenvalue weighted by molar-refractivity contribution is 9.10. The van der Waals surface area contributed by atoms with E-state index in [2.05, 4.69) is 31.1 Å². The van der Waals surface area contributed by atoms with Gasteiger partial charge in [-0.05, 0) is 42.5 Å². The maximum atomic E-state index is 5.34. The van der Waals surface area contributed by atoms with E-state index < -0.39 is 0 Å². The molecule has 0 aliphatic heterocycles. The molecular formula is C12H9BrN4S. The van der Waals surface area contributed by atoms with Crippen molar-refractivity contribution in [3.63, 3.8) is 0 Å². The van der Waals surface area contributed by atoms with E-state index in [1.165, 1.54) is 0 Å². The lowest BCUT2D eigenvalue weighted by Crippen LogP contribution is -2.02. The zero-order chi connectivity index (χ0) is 12.5. The van der Waals surface area contributed by atoms with Crippen molar-refractivity contribution in [1.29, 1.82) is 0 Å². The summed E-state index contributed by atoms with van der Waals surface area (Å²) < 4.78 is 3.73. The number of rotatable bonds is 2. The zero-order valence-corrected chi connectivity index (χ0v) is 11.7. The van der Waals surface area contributed by atoms with Crippen molar-refractivity contribution < 1.29 is 0 Å². The third-order valence-corrected chi connectivity index (χ3v) is 3.50. The molecule has 0 aliphatic carbocycles. The van der Waals surface area contributed by atoms with Crippen LogP contribution in [0.2, 0.25) is 0 Å². The molecule has 18 heavy (non-hydrogen) atoms. The van der Waals surface area contributed by atoms with Gasteiger partial charge in [0.15, 0.2) is 4.77 Å². The van der Waals surface area contributed by atoms with Gasteiger partial charge in [-0.1, -0.05) is 15.9 Å². The molecule has 0 atom stereocenters. The first-order valence-corrected chi connectivity index (χ1v) is 6.59. The SMILES string of the molecule is S=c1[nH]c2ccc(Br)cc2n1Cc1cccnn1. The Morgan fingerprint density at radius 2 is 2.22 bits per heavy atom. The molecule has 1 N–H and O–H groups in total. The van der Waals surface area contributed by atoms with Gasteiger partial charge in [-0.2, -0.15) is 10.2 Å². The van der Waals surface area contributed by atoms with Crippen molar-refractivity contribution in [3.05, 3.63) is 51.5 Å². The van der Waals surface area contributed by atoms with Gasteiger partial charge in [0.05, 0.1) is 23.3 Å². The van der Waals surface area contributed by atoms with Crippen LogP contribution in [0.4, 0.5) is 0 Å². The first-order valence-electron chi connectivity index (χ1n) is 5.39. The van der Waals surface area contributed by atoms with Gasteiger partial charge in [0, 0.05) is 10.7 Å². The number of H-pyrrole nitrogens is 1. The third-order valence-electron chi connectivity index (χ3n) is 2.68. The van der Waals surface area contributed by atoms with Gasteiger partial charge in [0.2, 0.25) is 0 Å². The van der Waals surface area contributed by atoms with Crippen molar-refractivity contribution in [2.45, 2.75) is 6.54 Å². The lowest BCUT2D eigenvalue weighted by molar-refractivity contribution is 0.762. The Hall–Kier alpha value is -1.53. The highest BCUT2D eigenvalue weighted by Crippen LogP contribution is 2.20. The number of nitrogens with one attached hydrogen (secondary N) is 1. The lowest BCUT2D eigenvalue weighted by Gasteiger charge is -2.03. The summed E-state index contributed by atoms with van der Waals surface area (Å²) in [7, 11) is 0. The second-order valence-corrected chi connectivity index (χ2v) is 5.20. The fourth-order valence-corrected chi connectivity index (χ4v) is 2.48. The second-order valence-electron chi connectivity index (χ2n) is 3.89. The number of hydrogen-bond acceptors (Lipinski definition) is 3. The largest absolute Gasteiger partial charge is 0.331 e. The predicted molar refractivity (Wildman–Crippen MR) is 76.0 cm³/mol. The molecule has 90 valence electrons. The van der Waals surface area contributed by atoms with E-state index in [0.717, 1.165) is 21.2 Å². The Morgan fingerprint density at radius 3 is 3.00 bits per heavy atom. The lowest BCUT2D eigenvalue weighted by atomic mass is 10.3. The minimum atomic E-state index is 0.614. The standard InChI is InChI=1S/C12H9BrN4S/c13-8-3-4-10-11(6-8)17(12(18)15-10)7-9-2-1-5-14-16-9/h1-6H,7H2,(H,15,18). The van der Waals surface area contributed by atoms with Crippen molar-refractivity contribution in [2.24, 2.45) is 0 Å². The number of nitrogens with zero attached hydrogens (tertiary/aromatic N) is 3. The molecule has 0 saturated carbocycles. The van der Waals surface area contributed by atoms with Crippen LogP contribution in [0.1, 0.15) is 5.69 Å². The average Bonchev–Trinajstić information content (AvgIpc) is 2.67. The third kappa shape index (κ3) is 2.09. The number of hydrogen-bond donors (Lipinski definition) is 1. The van der Waals surface area contributed by atoms with Crippen LogP contribution in [0.25, 0.3) is 11.0 Å². The normalized spacial score (nSPS) is 10.9. The first-order chi connectivity index (χ1) is 8.74. The molecule has 1 aromatic carbocycles. The van der Waals surface area contributed by atoms with Crippen LogP contribution in [0.3, 0.4) is 0 Å². The Kier molecular flexibility index (Phi) is 2.97. The number of halogens is 1. The van der Waals surface area contributed by atoms with Gasteiger partial charge in [0.25, 0.3) is 0 Å². The maximum absolute atomic E-state index is 5.34. The number of imidazole rings is 1. The number of fused-ring (bicyclic) bond motifs is 1. The summed E-state index contributed by atoms with van der Waals surface area (Å²) >= 11 is 8.81. The molecule has 0 spiro atoms. The fourth-order valence-electron chi connectivity index (χ4n) is 1.86. The Labute approximate surface area is 117 Å². The minimum Gasteiger partial charge on any atom is -0.331 e. The summed E-state index contributed by atoms with van der Waals surface area (Å²) in [5, 5.41) is 7.96. The van der Waals surface area contributed by atoms with Crippen LogP contribution in [0, 0.1) is 4.77 Å². The Balaban J connectivity index is 2.14. The van der Waals surface area contributed by atoms with Crippen molar-refractivity contribution in [2.75, 3.05) is 0 Å². The molecule has 3 aromatic rings. The first kappa shape index (κ1) is 11.6. The van der Waals surface area contributed by atoms with E-state index in [1.54, 1.807) is 6.20 Å². The van der Waals surface area contributed by atoms with Crippen LogP contribution in [0.15, 0.2) is 41.0 Å². The molecule has 0 radical (unpaired) electrons.